The van der Waals surface area contributed by atoms with Crippen molar-refractivity contribution in [3.8, 4) is 5.75 Å². The maximum Gasteiger partial charge on any atom is 0.254 e. The molecule has 0 radical (unpaired) electrons. The molecule has 0 spiro atoms. The third kappa shape index (κ3) is 2.89. The van der Waals surface area contributed by atoms with E-state index in [1.807, 2.05) is 0 Å². The Morgan fingerprint density at radius 1 is 1.42 bits per heavy atom. The fourth-order valence-corrected chi connectivity index (χ4v) is 3.97. The van der Waals surface area contributed by atoms with E-state index >= 15 is 0 Å². The van der Waals surface area contributed by atoms with Crippen molar-refractivity contribution in [2.24, 2.45) is 0 Å². The number of benzene rings is 1. The van der Waals surface area contributed by atoms with Gasteiger partial charge in [-0.05, 0) is 31.0 Å². The molecular formula is C13H17NO4S. The highest BCUT2D eigenvalue weighted by molar-refractivity contribution is 7.91. The Labute approximate surface area is 112 Å². The largest absolute Gasteiger partial charge is 0.508 e. The van der Waals surface area contributed by atoms with Gasteiger partial charge in [-0.3, -0.25) is 4.79 Å². The molecule has 1 N–H and O–H groups in total. The van der Waals surface area contributed by atoms with Crippen LogP contribution in [0.25, 0.3) is 0 Å². The average molecular weight is 283 g/mol. The Morgan fingerprint density at radius 3 is 2.63 bits per heavy atom. The summed E-state index contributed by atoms with van der Waals surface area (Å²) in [5, 5.41) is 9.61. The van der Waals surface area contributed by atoms with Gasteiger partial charge in [-0.15, -0.1) is 0 Å². The monoisotopic (exact) mass is 283 g/mol. The van der Waals surface area contributed by atoms with E-state index in [1.165, 1.54) is 11.0 Å². The van der Waals surface area contributed by atoms with Crippen LogP contribution in [-0.4, -0.2) is 48.9 Å². The molecule has 1 amide bonds. The van der Waals surface area contributed by atoms with Crippen LogP contribution in [0.15, 0.2) is 18.2 Å². The van der Waals surface area contributed by atoms with Gasteiger partial charge in [0, 0.05) is 18.7 Å². The molecule has 0 bridgehead atoms. The number of phenolic OH excluding ortho intramolecular Hbond substituents is 1. The Bertz CT molecular complexity index is 609. The van der Waals surface area contributed by atoms with Gasteiger partial charge in [0.1, 0.15) is 5.75 Å². The average Bonchev–Trinajstić information content (AvgIpc) is 2.71. The highest BCUT2D eigenvalue weighted by Crippen LogP contribution is 2.21. The predicted molar refractivity (Wildman–Crippen MR) is 72.0 cm³/mol. The summed E-state index contributed by atoms with van der Waals surface area (Å²) in [5.41, 5.74) is 1.07. The van der Waals surface area contributed by atoms with Crippen molar-refractivity contribution in [2.45, 2.75) is 19.4 Å². The molecule has 0 aliphatic carbocycles. The van der Waals surface area contributed by atoms with E-state index in [0.29, 0.717) is 17.5 Å². The molecule has 1 aliphatic rings. The first kappa shape index (κ1) is 13.9. The van der Waals surface area contributed by atoms with E-state index in [-0.39, 0.29) is 29.2 Å². The normalized spacial score (nSPS) is 21.3. The summed E-state index contributed by atoms with van der Waals surface area (Å²) < 4.78 is 22.9. The Morgan fingerprint density at radius 2 is 2.11 bits per heavy atom. The molecule has 2 rings (SSSR count). The van der Waals surface area contributed by atoms with Crippen molar-refractivity contribution in [2.75, 3.05) is 18.6 Å². The number of carbonyl (C=O) groups is 1. The lowest BCUT2D eigenvalue weighted by molar-refractivity contribution is 0.0747. The van der Waals surface area contributed by atoms with Crippen molar-refractivity contribution < 1.29 is 18.3 Å². The zero-order valence-corrected chi connectivity index (χ0v) is 11.8. The first-order chi connectivity index (χ1) is 8.80. The lowest BCUT2D eigenvalue weighted by Crippen LogP contribution is -2.37. The van der Waals surface area contributed by atoms with Gasteiger partial charge in [-0.1, -0.05) is 6.07 Å². The van der Waals surface area contributed by atoms with Gasteiger partial charge in [0.05, 0.1) is 11.5 Å². The third-order valence-corrected chi connectivity index (χ3v) is 5.28. The molecule has 1 aliphatic heterocycles. The summed E-state index contributed by atoms with van der Waals surface area (Å²) in [4.78, 5) is 13.7. The maximum atomic E-state index is 12.2. The molecule has 0 aromatic heterocycles. The molecule has 1 atom stereocenters. The van der Waals surface area contributed by atoms with Crippen LogP contribution < -0.4 is 0 Å². The predicted octanol–water partition coefficient (Wildman–Crippen LogP) is 0.960. The van der Waals surface area contributed by atoms with Gasteiger partial charge in [-0.25, -0.2) is 8.42 Å². The van der Waals surface area contributed by atoms with Crippen LogP contribution in [-0.2, 0) is 9.84 Å². The van der Waals surface area contributed by atoms with Crippen molar-refractivity contribution in [3.05, 3.63) is 29.3 Å². The molecule has 1 aromatic rings. The molecular weight excluding hydrogens is 266 g/mol. The SMILES string of the molecule is Cc1ccc(C(=O)N(C)C2CCS(=O)(=O)C2)cc1O. The topological polar surface area (TPSA) is 74.7 Å². The summed E-state index contributed by atoms with van der Waals surface area (Å²) in [5.74, 6) is -0.0441. The highest BCUT2D eigenvalue weighted by Gasteiger charge is 2.33. The summed E-state index contributed by atoms with van der Waals surface area (Å²) in [6, 6.07) is 4.44. The second-order valence-corrected chi connectivity index (χ2v) is 7.20. The van der Waals surface area contributed by atoms with Crippen molar-refractivity contribution in [1.29, 1.82) is 0 Å². The van der Waals surface area contributed by atoms with Crippen LogP contribution in [0.4, 0.5) is 0 Å². The van der Waals surface area contributed by atoms with E-state index in [9.17, 15) is 18.3 Å². The van der Waals surface area contributed by atoms with Crippen molar-refractivity contribution >= 4 is 15.7 Å². The zero-order valence-electron chi connectivity index (χ0n) is 11.0. The van der Waals surface area contributed by atoms with Gasteiger partial charge in [0.15, 0.2) is 9.84 Å². The first-order valence-corrected chi connectivity index (χ1v) is 7.89. The molecule has 1 aromatic carbocycles. The molecule has 6 heteroatoms. The number of amides is 1. The molecule has 1 unspecified atom stereocenters. The smallest absolute Gasteiger partial charge is 0.254 e. The lowest BCUT2D eigenvalue weighted by Gasteiger charge is -2.23. The number of aryl methyl sites for hydroxylation is 1. The lowest BCUT2D eigenvalue weighted by atomic mass is 10.1. The quantitative estimate of drug-likeness (QED) is 0.877. The maximum absolute atomic E-state index is 12.2. The second kappa shape index (κ2) is 4.85. The molecule has 5 nitrogen and oxygen atoms in total. The number of rotatable bonds is 2. The Balaban J connectivity index is 2.17. The van der Waals surface area contributed by atoms with E-state index in [2.05, 4.69) is 0 Å². The third-order valence-electron chi connectivity index (χ3n) is 3.53. The van der Waals surface area contributed by atoms with Gasteiger partial charge < -0.3 is 10.0 Å². The summed E-state index contributed by atoms with van der Waals surface area (Å²) in [6.07, 6.45) is 0.475. The number of hydrogen-bond acceptors (Lipinski definition) is 4. The molecule has 1 fully saturated rings. The summed E-state index contributed by atoms with van der Waals surface area (Å²) in [6.45, 7) is 1.75. The fraction of sp³-hybridized carbons (Fsp3) is 0.462. The molecule has 104 valence electrons. The minimum absolute atomic E-state index is 0.0209. The zero-order chi connectivity index (χ0) is 14.2. The van der Waals surface area contributed by atoms with Gasteiger partial charge in [-0.2, -0.15) is 0 Å². The van der Waals surface area contributed by atoms with Gasteiger partial charge >= 0.3 is 0 Å². The fourth-order valence-electron chi connectivity index (χ4n) is 2.19. The van der Waals surface area contributed by atoms with Crippen LogP contribution in [0.5, 0.6) is 5.75 Å². The number of carbonyl (C=O) groups excluding carboxylic acids is 1. The van der Waals surface area contributed by atoms with Gasteiger partial charge in [0.25, 0.3) is 5.91 Å². The number of aromatic hydroxyl groups is 1. The van der Waals surface area contributed by atoms with E-state index in [1.54, 1.807) is 26.1 Å². The summed E-state index contributed by atoms with van der Waals surface area (Å²) >= 11 is 0. The van der Waals surface area contributed by atoms with Crippen LogP contribution in [0.3, 0.4) is 0 Å². The number of nitrogens with zero attached hydrogens (tertiary/aromatic N) is 1. The van der Waals surface area contributed by atoms with E-state index in [4.69, 9.17) is 0 Å². The number of sulfone groups is 1. The molecule has 19 heavy (non-hydrogen) atoms. The van der Waals surface area contributed by atoms with Crippen LogP contribution in [0.1, 0.15) is 22.3 Å². The Hall–Kier alpha value is -1.56. The Kier molecular flexibility index (Phi) is 3.54. The molecule has 0 saturated carbocycles. The minimum Gasteiger partial charge on any atom is -0.508 e. The van der Waals surface area contributed by atoms with Crippen molar-refractivity contribution in [1.82, 2.24) is 4.90 Å². The standard InChI is InChI=1S/C13H17NO4S/c1-9-3-4-10(7-12(9)15)13(16)14(2)11-5-6-19(17,18)8-11/h3-4,7,11,15H,5-6,8H2,1-2H3. The number of phenols is 1. The highest BCUT2D eigenvalue weighted by atomic mass is 32.2. The second-order valence-electron chi connectivity index (χ2n) is 4.97. The number of hydrogen-bond donors (Lipinski definition) is 1. The first-order valence-electron chi connectivity index (χ1n) is 6.07. The van der Waals surface area contributed by atoms with Crippen LogP contribution in [0, 0.1) is 6.92 Å². The summed E-state index contributed by atoms with van der Waals surface area (Å²) in [7, 11) is -1.41. The van der Waals surface area contributed by atoms with Gasteiger partial charge in [0.2, 0.25) is 0 Å². The minimum atomic E-state index is -3.01. The van der Waals surface area contributed by atoms with Crippen LogP contribution in [0.2, 0.25) is 0 Å². The van der Waals surface area contributed by atoms with Crippen LogP contribution >= 0.6 is 0 Å². The van der Waals surface area contributed by atoms with E-state index in [0.717, 1.165) is 0 Å². The molecule has 1 heterocycles. The van der Waals surface area contributed by atoms with Crippen molar-refractivity contribution in [3.63, 3.8) is 0 Å². The van der Waals surface area contributed by atoms with E-state index < -0.39 is 9.84 Å². The molecule has 1 saturated heterocycles.